The average molecular weight is 304 g/mol. The maximum atomic E-state index is 12.0. The molecule has 2 aromatic carbocycles. The van der Waals surface area contributed by atoms with E-state index in [0.29, 0.717) is 11.1 Å². The molecule has 0 spiro atoms. The van der Waals surface area contributed by atoms with Gasteiger partial charge in [-0.3, -0.25) is 4.79 Å². The van der Waals surface area contributed by atoms with E-state index in [-0.39, 0.29) is 5.88 Å². The molecule has 21 heavy (non-hydrogen) atoms. The number of carboxylic acids is 1. The van der Waals surface area contributed by atoms with Crippen LogP contribution >= 0.6 is 11.6 Å². The first-order valence-corrected chi connectivity index (χ1v) is 6.86. The van der Waals surface area contributed by atoms with Crippen LogP contribution < -0.4 is 5.32 Å². The van der Waals surface area contributed by atoms with E-state index in [4.69, 9.17) is 11.6 Å². The lowest BCUT2D eigenvalue weighted by molar-refractivity contribution is -0.145. The summed E-state index contributed by atoms with van der Waals surface area (Å²) in [5, 5.41) is 12.4. The quantitative estimate of drug-likeness (QED) is 0.833. The Balaban J connectivity index is 2.66. The van der Waals surface area contributed by atoms with Crippen LogP contribution in [0.25, 0.3) is 0 Å². The molecule has 0 aliphatic rings. The summed E-state index contributed by atoms with van der Waals surface area (Å²) in [6.45, 7) is 0. The highest BCUT2D eigenvalue weighted by Crippen LogP contribution is 2.30. The van der Waals surface area contributed by atoms with Crippen LogP contribution in [0.5, 0.6) is 0 Å². The molecular formula is C16H14ClNO3. The van der Waals surface area contributed by atoms with Gasteiger partial charge < -0.3 is 10.4 Å². The van der Waals surface area contributed by atoms with Crippen molar-refractivity contribution in [3.8, 4) is 0 Å². The minimum absolute atomic E-state index is 0.311. The first-order valence-electron chi connectivity index (χ1n) is 6.32. The average Bonchev–Trinajstić information content (AvgIpc) is 2.53. The van der Waals surface area contributed by atoms with Gasteiger partial charge in [0.25, 0.3) is 0 Å². The van der Waals surface area contributed by atoms with Gasteiger partial charge in [-0.15, -0.1) is 11.6 Å². The van der Waals surface area contributed by atoms with Crippen LogP contribution in [0.3, 0.4) is 0 Å². The minimum atomic E-state index is -1.66. The molecule has 0 unspecified atom stereocenters. The second kappa shape index (κ2) is 6.41. The van der Waals surface area contributed by atoms with Crippen molar-refractivity contribution < 1.29 is 14.7 Å². The number of hydrogen-bond donors (Lipinski definition) is 2. The Kier molecular flexibility index (Phi) is 4.60. The Morgan fingerprint density at radius 1 is 0.952 bits per heavy atom. The van der Waals surface area contributed by atoms with Gasteiger partial charge in [-0.25, -0.2) is 4.79 Å². The van der Waals surface area contributed by atoms with E-state index in [9.17, 15) is 14.7 Å². The molecule has 0 fully saturated rings. The Hall–Kier alpha value is -2.33. The van der Waals surface area contributed by atoms with Crippen molar-refractivity contribution in [1.82, 2.24) is 5.32 Å². The summed E-state index contributed by atoms with van der Waals surface area (Å²) in [5.41, 5.74) is -0.738. The van der Waals surface area contributed by atoms with Crippen molar-refractivity contribution in [2.45, 2.75) is 5.54 Å². The number of carbonyl (C=O) groups is 2. The summed E-state index contributed by atoms with van der Waals surface area (Å²) in [6.07, 6.45) is 0. The Morgan fingerprint density at radius 3 is 1.71 bits per heavy atom. The number of aliphatic carboxylic acids is 1. The number of halogens is 1. The molecule has 0 atom stereocenters. The molecule has 0 aliphatic heterocycles. The van der Waals surface area contributed by atoms with Gasteiger partial charge in [0.1, 0.15) is 5.88 Å². The second-order valence-electron chi connectivity index (χ2n) is 4.47. The summed E-state index contributed by atoms with van der Waals surface area (Å²) < 4.78 is 0. The van der Waals surface area contributed by atoms with Gasteiger partial charge >= 0.3 is 5.97 Å². The molecule has 0 saturated carbocycles. The minimum Gasteiger partial charge on any atom is -0.479 e. The maximum Gasteiger partial charge on any atom is 0.338 e. The van der Waals surface area contributed by atoms with E-state index in [0.717, 1.165) is 0 Å². The molecule has 0 aromatic heterocycles. The smallest absolute Gasteiger partial charge is 0.338 e. The molecule has 0 heterocycles. The van der Waals surface area contributed by atoms with E-state index < -0.39 is 17.4 Å². The van der Waals surface area contributed by atoms with Crippen LogP contribution in [-0.2, 0) is 15.1 Å². The van der Waals surface area contributed by atoms with E-state index in [1.165, 1.54) is 0 Å². The molecule has 1 amide bonds. The molecule has 4 nitrogen and oxygen atoms in total. The van der Waals surface area contributed by atoms with Crippen molar-refractivity contribution in [2.75, 3.05) is 5.88 Å². The zero-order chi connectivity index (χ0) is 15.3. The Morgan fingerprint density at radius 2 is 1.38 bits per heavy atom. The lowest BCUT2D eigenvalue weighted by Gasteiger charge is -2.31. The number of amides is 1. The summed E-state index contributed by atoms with van der Waals surface area (Å²) in [5.74, 6) is -2.03. The number of rotatable bonds is 5. The number of benzene rings is 2. The van der Waals surface area contributed by atoms with Gasteiger partial charge in [-0.1, -0.05) is 60.7 Å². The molecule has 5 heteroatoms. The van der Waals surface area contributed by atoms with Gasteiger partial charge in [0.15, 0.2) is 5.54 Å². The highest BCUT2D eigenvalue weighted by Gasteiger charge is 2.43. The van der Waals surface area contributed by atoms with E-state index in [2.05, 4.69) is 5.32 Å². The van der Waals surface area contributed by atoms with Gasteiger partial charge in [-0.2, -0.15) is 0 Å². The second-order valence-corrected chi connectivity index (χ2v) is 4.74. The van der Waals surface area contributed by atoms with Crippen LogP contribution in [0, 0.1) is 0 Å². The third kappa shape index (κ3) is 2.90. The number of alkyl halides is 1. The third-order valence-electron chi connectivity index (χ3n) is 3.18. The number of nitrogens with one attached hydrogen (secondary N) is 1. The lowest BCUT2D eigenvalue weighted by atomic mass is 9.82. The molecule has 2 rings (SSSR count). The fourth-order valence-electron chi connectivity index (χ4n) is 2.23. The van der Waals surface area contributed by atoms with Crippen molar-refractivity contribution in [3.63, 3.8) is 0 Å². The SMILES string of the molecule is O=C(CCl)NC(C(=O)O)(c1ccccc1)c1ccccc1. The van der Waals surface area contributed by atoms with Crippen LogP contribution in [0.2, 0.25) is 0 Å². The Bertz CT molecular complexity index is 589. The Labute approximate surface area is 127 Å². The van der Waals surface area contributed by atoms with Gasteiger partial charge in [0.05, 0.1) is 0 Å². The lowest BCUT2D eigenvalue weighted by Crippen LogP contribution is -2.53. The molecule has 2 aromatic rings. The van der Waals surface area contributed by atoms with Crippen LogP contribution in [0.1, 0.15) is 11.1 Å². The van der Waals surface area contributed by atoms with E-state index in [1.807, 2.05) is 0 Å². The molecular weight excluding hydrogens is 290 g/mol. The standard InChI is InChI=1S/C16H14ClNO3/c17-11-14(19)18-16(15(20)21,12-7-3-1-4-8-12)13-9-5-2-6-10-13/h1-10H,11H2,(H,18,19)(H,20,21). The molecule has 0 bridgehead atoms. The van der Waals surface area contributed by atoms with Crippen LogP contribution in [-0.4, -0.2) is 22.9 Å². The fourth-order valence-corrected chi connectivity index (χ4v) is 2.30. The van der Waals surface area contributed by atoms with Crippen LogP contribution in [0.15, 0.2) is 60.7 Å². The highest BCUT2D eigenvalue weighted by atomic mass is 35.5. The topological polar surface area (TPSA) is 66.4 Å². The van der Waals surface area contributed by atoms with Gasteiger partial charge in [0, 0.05) is 0 Å². The molecule has 0 aliphatic carbocycles. The van der Waals surface area contributed by atoms with E-state index >= 15 is 0 Å². The first kappa shape index (κ1) is 15.1. The molecule has 0 radical (unpaired) electrons. The summed E-state index contributed by atoms with van der Waals surface area (Å²) in [4.78, 5) is 23.8. The van der Waals surface area contributed by atoms with Crippen molar-refractivity contribution in [2.24, 2.45) is 0 Å². The molecule has 2 N–H and O–H groups in total. The number of carbonyl (C=O) groups excluding carboxylic acids is 1. The monoisotopic (exact) mass is 303 g/mol. The van der Waals surface area contributed by atoms with Crippen molar-refractivity contribution in [1.29, 1.82) is 0 Å². The largest absolute Gasteiger partial charge is 0.479 e. The summed E-state index contributed by atoms with van der Waals surface area (Å²) in [6, 6.07) is 17.1. The fraction of sp³-hybridized carbons (Fsp3) is 0.125. The summed E-state index contributed by atoms with van der Waals surface area (Å²) >= 11 is 5.53. The first-order chi connectivity index (χ1) is 10.1. The maximum absolute atomic E-state index is 12.0. The summed E-state index contributed by atoms with van der Waals surface area (Å²) in [7, 11) is 0. The zero-order valence-corrected chi connectivity index (χ0v) is 11.9. The molecule has 108 valence electrons. The van der Waals surface area contributed by atoms with Crippen molar-refractivity contribution >= 4 is 23.5 Å². The predicted octanol–water partition coefficient (Wildman–Crippen LogP) is 2.37. The van der Waals surface area contributed by atoms with Crippen molar-refractivity contribution in [3.05, 3.63) is 71.8 Å². The number of hydrogen-bond acceptors (Lipinski definition) is 2. The predicted molar refractivity (Wildman–Crippen MR) is 80.2 cm³/mol. The number of carboxylic acid groups (broad SMARTS) is 1. The highest BCUT2D eigenvalue weighted by molar-refractivity contribution is 6.27. The van der Waals surface area contributed by atoms with Gasteiger partial charge in [0.2, 0.25) is 5.91 Å². The van der Waals surface area contributed by atoms with Crippen LogP contribution in [0.4, 0.5) is 0 Å². The molecule has 0 saturated heterocycles. The zero-order valence-electron chi connectivity index (χ0n) is 11.1. The van der Waals surface area contributed by atoms with Gasteiger partial charge in [-0.05, 0) is 11.1 Å². The van der Waals surface area contributed by atoms with E-state index in [1.54, 1.807) is 60.7 Å². The normalized spacial score (nSPS) is 10.9. The third-order valence-corrected chi connectivity index (χ3v) is 3.43.